The van der Waals surface area contributed by atoms with E-state index in [1.165, 1.54) is 5.56 Å². The van der Waals surface area contributed by atoms with E-state index in [-0.39, 0.29) is 11.7 Å². The van der Waals surface area contributed by atoms with Crippen LogP contribution in [0.15, 0.2) is 48.5 Å². The Kier molecular flexibility index (Phi) is 6.24. The lowest BCUT2D eigenvalue weighted by Gasteiger charge is -2.35. The molecule has 1 saturated heterocycles. The Morgan fingerprint density at radius 2 is 1.63 bits per heavy atom. The van der Waals surface area contributed by atoms with Gasteiger partial charge in [-0.2, -0.15) is 0 Å². The van der Waals surface area contributed by atoms with Gasteiger partial charge in [-0.05, 0) is 49.2 Å². The molecule has 0 radical (unpaired) electrons. The highest BCUT2D eigenvalue weighted by atomic mass is 16.2. The van der Waals surface area contributed by atoms with Gasteiger partial charge in [0.1, 0.15) is 0 Å². The van der Waals surface area contributed by atoms with Crippen LogP contribution in [0, 0.1) is 6.92 Å². The molecule has 27 heavy (non-hydrogen) atoms. The number of carbonyl (C=O) groups excluding carboxylic acids is 2. The van der Waals surface area contributed by atoms with Crippen LogP contribution in [0.4, 0.5) is 5.69 Å². The zero-order chi connectivity index (χ0) is 19.2. The molecule has 1 fully saturated rings. The van der Waals surface area contributed by atoms with Crippen LogP contribution in [0.3, 0.4) is 0 Å². The predicted molar refractivity (Wildman–Crippen MR) is 108 cm³/mol. The van der Waals surface area contributed by atoms with E-state index >= 15 is 0 Å². The fourth-order valence-electron chi connectivity index (χ4n) is 3.33. The molecule has 0 atom stereocenters. The average molecular weight is 365 g/mol. The van der Waals surface area contributed by atoms with Crippen LogP contribution in [0.5, 0.6) is 0 Å². The van der Waals surface area contributed by atoms with Crippen molar-refractivity contribution in [1.82, 2.24) is 10.2 Å². The van der Waals surface area contributed by atoms with Crippen molar-refractivity contribution in [1.29, 1.82) is 0 Å². The van der Waals surface area contributed by atoms with Crippen molar-refractivity contribution < 1.29 is 9.59 Å². The van der Waals surface area contributed by atoms with Crippen molar-refractivity contribution in [3.63, 3.8) is 0 Å². The van der Waals surface area contributed by atoms with E-state index in [1.807, 2.05) is 42.5 Å². The minimum atomic E-state index is 0.0671. The number of carbonyl (C=O) groups is 2. The number of piperazine rings is 1. The molecule has 5 nitrogen and oxygen atoms in total. The third-order valence-electron chi connectivity index (χ3n) is 5.12. The van der Waals surface area contributed by atoms with Crippen LogP contribution in [-0.2, 0) is 11.3 Å². The minimum Gasteiger partial charge on any atom is -0.369 e. The van der Waals surface area contributed by atoms with E-state index in [9.17, 15) is 9.59 Å². The fraction of sp³-hybridized carbons (Fsp3) is 0.364. The first-order chi connectivity index (χ1) is 13.0. The molecule has 0 aromatic heterocycles. The van der Waals surface area contributed by atoms with Gasteiger partial charge in [-0.25, -0.2) is 0 Å². The summed E-state index contributed by atoms with van der Waals surface area (Å²) in [6.45, 7) is 8.12. The van der Waals surface area contributed by atoms with Crippen molar-refractivity contribution in [3.8, 4) is 0 Å². The quantitative estimate of drug-likeness (QED) is 0.800. The van der Waals surface area contributed by atoms with Gasteiger partial charge in [-0.3, -0.25) is 14.5 Å². The molecule has 3 rings (SSSR count). The van der Waals surface area contributed by atoms with Gasteiger partial charge in [-0.1, -0.05) is 24.3 Å². The summed E-state index contributed by atoms with van der Waals surface area (Å²) in [4.78, 5) is 28.1. The van der Waals surface area contributed by atoms with Crippen LogP contribution in [0.1, 0.15) is 28.4 Å². The minimum absolute atomic E-state index is 0.0671. The lowest BCUT2D eigenvalue weighted by molar-refractivity contribution is -0.122. The van der Waals surface area contributed by atoms with E-state index < -0.39 is 0 Å². The van der Waals surface area contributed by atoms with Gasteiger partial charge in [0.2, 0.25) is 5.91 Å². The Morgan fingerprint density at radius 3 is 2.26 bits per heavy atom. The second kappa shape index (κ2) is 8.82. The molecule has 0 unspecified atom stereocenters. The number of Topliss-reactive ketones (excluding diaryl/α,β-unsaturated/α-hetero) is 1. The van der Waals surface area contributed by atoms with Crippen molar-refractivity contribution >= 4 is 17.4 Å². The topological polar surface area (TPSA) is 52.7 Å². The molecule has 0 spiro atoms. The number of hydrogen-bond acceptors (Lipinski definition) is 4. The monoisotopic (exact) mass is 365 g/mol. The number of benzene rings is 2. The number of hydrogen-bond donors (Lipinski definition) is 1. The fourth-order valence-corrected chi connectivity index (χ4v) is 3.33. The zero-order valence-electron chi connectivity index (χ0n) is 16.1. The van der Waals surface area contributed by atoms with Gasteiger partial charge < -0.3 is 10.2 Å². The Bertz CT molecular complexity index is 793. The van der Waals surface area contributed by atoms with Gasteiger partial charge in [0, 0.05) is 44.0 Å². The highest BCUT2D eigenvalue weighted by Gasteiger charge is 2.19. The molecule has 2 aromatic rings. The summed E-state index contributed by atoms with van der Waals surface area (Å²) in [5, 5.41) is 3.02. The third kappa shape index (κ3) is 5.17. The maximum atomic E-state index is 12.3. The highest BCUT2D eigenvalue weighted by molar-refractivity contribution is 5.94. The number of anilines is 1. The summed E-state index contributed by atoms with van der Waals surface area (Å²) in [6, 6.07) is 15.9. The molecule has 1 amide bonds. The SMILES string of the molecule is CC(=O)c1ccc(N2CCN(CC(=O)NCc3ccccc3C)CC2)cc1. The Hall–Kier alpha value is -2.66. The molecular weight excluding hydrogens is 338 g/mol. The summed E-state index contributed by atoms with van der Waals surface area (Å²) in [5.74, 6) is 0.153. The second-order valence-electron chi connectivity index (χ2n) is 7.07. The number of ketones is 1. The second-order valence-corrected chi connectivity index (χ2v) is 7.07. The Labute approximate surface area is 161 Å². The predicted octanol–water partition coefficient (Wildman–Crippen LogP) is 2.64. The molecule has 0 saturated carbocycles. The molecule has 0 bridgehead atoms. The first-order valence-electron chi connectivity index (χ1n) is 9.42. The van der Waals surface area contributed by atoms with Crippen LogP contribution < -0.4 is 10.2 Å². The zero-order valence-corrected chi connectivity index (χ0v) is 16.1. The Balaban J connectivity index is 1.44. The van der Waals surface area contributed by atoms with Gasteiger partial charge in [0.05, 0.1) is 6.54 Å². The first-order valence-corrected chi connectivity index (χ1v) is 9.42. The smallest absolute Gasteiger partial charge is 0.234 e. The summed E-state index contributed by atoms with van der Waals surface area (Å²) >= 11 is 0. The standard InChI is InChI=1S/C22H27N3O2/c1-17-5-3-4-6-20(17)15-23-22(27)16-24-11-13-25(14-12-24)21-9-7-19(8-10-21)18(2)26/h3-10H,11-16H2,1-2H3,(H,23,27). The largest absolute Gasteiger partial charge is 0.369 e. The molecule has 5 heteroatoms. The van der Waals surface area contributed by atoms with E-state index in [0.29, 0.717) is 13.1 Å². The van der Waals surface area contributed by atoms with Crippen molar-refractivity contribution in [2.24, 2.45) is 0 Å². The molecule has 2 aromatic carbocycles. The van der Waals surface area contributed by atoms with Gasteiger partial charge >= 0.3 is 0 Å². The summed E-state index contributed by atoms with van der Waals surface area (Å²) in [6.07, 6.45) is 0. The molecule has 1 N–H and O–H groups in total. The van der Waals surface area contributed by atoms with Crippen LogP contribution >= 0.6 is 0 Å². The van der Waals surface area contributed by atoms with Gasteiger partial charge in [0.25, 0.3) is 0 Å². The van der Waals surface area contributed by atoms with Crippen molar-refractivity contribution in [2.75, 3.05) is 37.6 Å². The van der Waals surface area contributed by atoms with E-state index in [0.717, 1.165) is 43.0 Å². The Morgan fingerprint density at radius 1 is 0.963 bits per heavy atom. The van der Waals surface area contributed by atoms with Gasteiger partial charge in [-0.15, -0.1) is 0 Å². The van der Waals surface area contributed by atoms with Crippen molar-refractivity contribution in [3.05, 3.63) is 65.2 Å². The highest BCUT2D eigenvalue weighted by Crippen LogP contribution is 2.17. The number of amides is 1. The van der Waals surface area contributed by atoms with E-state index in [2.05, 4.69) is 28.1 Å². The molecule has 1 aliphatic rings. The molecule has 142 valence electrons. The average Bonchev–Trinajstić information content (AvgIpc) is 2.68. The molecule has 1 heterocycles. The lowest BCUT2D eigenvalue weighted by atomic mass is 10.1. The first kappa shape index (κ1) is 19.1. The molecule has 1 aliphatic heterocycles. The van der Waals surface area contributed by atoms with E-state index in [1.54, 1.807) is 6.92 Å². The lowest BCUT2D eigenvalue weighted by Crippen LogP contribution is -2.49. The summed E-state index contributed by atoms with van der Waals surface area (Å²) in [7, 11) is 0. The molecule has 0 aliphatic carbocycles. The summed E-state index contributed by atoms with van der Waals surface area (Å²) in [5.41, 5.74) is 4.22. The maximum absolute atomic E-state index is 12.3. The maximum Gasteiger partial charge on any atom is 0.234 e. The normalized spacial score (nSPS) is 14.8. The van der Waals surface area contributed by atoms with Crippen LogP contribution in [0.25, 0.3) is 0 Å². The van der Waals surface area contributed by atoms with Gasteiger partial charge in [0.15, 0.2) is 5.78 Å². The van der Waals surface area contributed by atoms with Crippen LogP contribution in [0.2, 0.25) is 0 Å². The number of nitrogens with one attached hydrogen (secondary N) is 1. The summed E-state index contributed by atoms with van der Waals surface area (Å²) < 4.78 is 0. The number of nitrogens with zero attached hydrogens (tertiary/aromatic N) is 2. The third-order valence-corrected chi connectivity index (χ3v) is 5.12. The number of aryl methyl sites for hydroxylation is 1. The van der Waals surface area contributed by atoms with Crippen molar-refractivity contribution in [2.45, 2.75) is 20.4 Å². The van der Waals surface area contributed by atoms with E-state index in [4.69, 9.17) is 0 Å². The number of rotatable bonds is 6. The molecular formula is C22H27N3O2. The van der Waals surface area contributed by atoms with Crippen LogP contribution in [-0.4, -0.2) is 49.3 Å².